The minimum Gasteiger partial charge on any atom is -0.300 e. The van der Waals surface area contributed by atoms with E-state index >= 15 is 0 Å². The van der Waals surface area contributed by atoms with Crippen LogP contribution in [0.15, 0.2) is 54.6 Å². The van der Waals surface area contributed by atoms with Crippen molar-refractivity contribution in [3.63, 3.8) is 0 Å². The van der Waals surface area contributed by atoms with Gasteiger partial charge in [-0.05, 0) is 42.5 Å². The topological polar surface area (TPSA) is 54.9 Å². The maximum Gasteiger partial charge on any atom is 0.232 e. The number of rotatable bonds is 6. The summed E-state index contributed by atoms with van der Waals surface area (Å²) in [5.74, 6) is -0.257. The van der Waals surface area contributed by atoms with Gasteiger partial charge in [-0.2, -0.15) is 0 Å². The lowest BCUT2D eigenvalue weighted by Crippen LogP contribution is -2.26. The molecule has 6 heteroatoms. The van der Waals surface area contributed by atoms with Gasteiger partial charge in [0.25, 0.3) is 0 Å². The monoisotopic (exact) mass is 367 g/mol. The maximum absolute atomic E-state index is 13.3. The highest BCUT2D eigenvalue weighted by molar-refractivity contribution is 7.15. The van der Waals surface area contributed by atoms with Crippen LogP contribution >= 0.6 is 11.3 Å². The minimum atomic E-state index is -0.324. The standard InChI is InChI=1S/C20H18FN3OS/c21-16-8-4-7-15(11-16)12-17-23-24-19(26-17)22-18(25)20(9-10-20)13-14-5-2-1-3-6-14/h1-8,11H,9-10,12-13H2,(H,22,24,25). The third-order valence-corrected chi connectivity index (χ3v) is 5.49. The Hall–Kier alpha value is -2.60. The summed E-state index contributed by atoms with van der Waals surface area (Å²) < 4.78 is 13.3. The van der Waals surface area contributed by atoms with E-state index < -0.39 is 0 Å². The summed E-state index contributed by atoms with van der Waals surface area (Å²) in [7, 11) is 0. The summed E-state index contributed by atoms with van der Waals surface area (Å²) >= 11 is 1.34. The summed E-state index contributed by atoms with van der Waals surface area (Å²) in [4.78, 5) is 12.7. The van der Waals surface area contributed by atoms with E-state index in [1.807, 2.05) is 24.3 Å². The molecule has 0 radical (unpaired) electrons. The number of aromatic nitrogens is 2. The minimum absolute atomic E-state index is 0.00908. The van der Waals surface area contributed by atoms with Crippen molar-refractivity contribution in [3.05, 3.63) is 76.5 Å². The van der Waals surface area contributed by atoms with E-state index in [0.29, 0.717) is 11.6 Å². The SMILES string of the molecule is O=C(Nc1nnc(Cc2cccc(F)c2)s1)C1(Cc2ccccc2)CC1. The van der Waals surface area contributed by atoms with Gasteiger partial charge in [-0.15, -0.1) is 10.2 Å². The summed E-state index contributed by atoms with van der Waals surface area (Å²) in [5.41, 5.74) is 1.68. The summed E-state index contributed by atoms with van der Waals surface area (Å²) in [5, 5.41) is 12.3. The Morgan fingerprint density at radius 2 is 1.85 bits per heavy atom. The Kier molecular flexibility index (Phi) is 4.51. The zero-order chi connectivity index (χ0) is 18.0. The van der Waals surface area contributed by atoms with Crippen molar-refractivity contribution in [1.82, 2.24) is 10.2 Å². The van der Waals surface area contributed by atoms with E-state index in [1.54, 1.807) is 6.07 Å². The molecule has 1 saturated carbocycles. The Labute approximate surface area is 155 Å². The molecule has 1 fully saturated rings. The van der Waals surface area contributed by atoms with Crippen molar-refractivity contribution < 1.29 is 9.18 Å². The highest BCUT2D eigenvalue weighted by atomic mass is 32.1. The van der Waals surface area contributed by atoms with Crippen molar-refractivity contribution >= 4 is 22.4 Å². The maximum atomic E-state index is 13.3. The van der Waals surface area contributed by atoms with Crippen molar-refractivity contribution in [2.24, 2.45) is 5.41 Å². The smallest absolute Gasteiger partial charge is 0.232 e. The zero-order valence-electron chi connectivity index (χ0n) is 14.1. The number of amides is 1. The molecule has 0 saturated heterocycles. The molecule has 3 aromatic rings. The molecule has 4 nitrogen and oxygen atoms in total. The van der Waals surface area contributed by atoms with Crippen molar-refractivity contribution in [2.45, 2.75) is 25.7 Å². The molecule has 1 amide bonds. The molecular formula is C20H18FN3OS. The second-order valence-electron chi connectivity index (χ2n) is 6.70. The van der Waals surface area contributed by atoms with E-state index in [4.69, 9.17) is 0 Å². The Bertz CT molecular complexity index is 922. The van der Waals surface area contributed by atoms with Gasteiger partial charge in [0.1, 0.15) is 10.8 Å². The van der Waals surface area contributed by atoms with Crippen molar-refractivity contribution in [3.8, 4) is 0 Å². The quantitative estimate of drug-likeness (QED) is 0.709. The third kappa shape index (κ3) is 3.80. The predicted molar refractivity (Wildman–Crippen MR) is 99.6 cm³/mol. The van der Waals surface area contributed by atoms with Crippen LogP contribution in [0.3, 0.4) is 0 Å². The molecular weight excluding hydrogens is 349 g/mol. The lowest BCUT2D eigenvalue weighted by Gasteiger charge is -2.13. The van der Waals surface area contributed by atoms with Gasteiger partial charge in [0.05, 0.1) is 5.41 Å². The molecule has 1 heterocycles. The van der Waals surface area contributed by atoms with Gasteiger partial charge in [0.2, 0.25) is 11.0 Å². The van der Waals surface area contributed by atoms with Crippen LogP contribution in [-0.4, -0.2) is 16.1 Å². The van der Waals surface area contributed by atoms with Gasteiger partial charge in [-0.25, -0.2) is 4.39 Å². The van der Waals surface area contributed by atoms with Gasteiger partial charge in [-0.1, -0.05) is 53.8 Å². The molecule has 132 valence electrons. The molecule has 0 atom stereocenters. The van der Waals surface area contributed by atoms with Gasteiger partial charge >= 0.3 is 0 Å². The van der Waals surface area contributed by atoms with Crippen LogP contribution in [0.5, 0.6) is 0 Å². The first-order valence-electron chi connectivity index (χ1n) is 8.55. The number of nitrogens with one attached hydrogen (secondary N) is 1. The molecule has 1 aromatic heterocycles. The highest BCUT2D eigenvalue weighted by Gasteiger charge is 2.49. The van der Waals surface area contributed by atoms with Crippen LogP contribution in [0, 0.1) is 11.2 Å². The lowest BCUT2D eigenvalue weighted by atomic mass is 9.96. The molecule has 0 unspecified atom stereocenters. The summed E-state index contributed by atoms with van der Waals surface area (Å²) in [6.07, 6.45) is 3.03. The fraction of sp³-hybridized carbons (Fsp3) is 0.250. The molecule has 1 aliphatic carbocycles. The summed E-state index contributed by atoms with van der Waals surface area (Å²) in [6.45, 7) is 0. The number of carbonyl (C=O) groups excluding carboxylic acids is 1. The zero-order valence-corrected chi connectivity index (χ0v) is 14.9. The second kappa shape index (κ2) is 6.96. The molecule has 2 aromatic carbocycles. The van der Waals surface area contributed by atoms with Crippen LogP contribution in [0.1, 0.15) is 29.0 Å². The molecule has 4 rings (SSSR count). The van der Waals surface area contributed by atoms with E-state index in [1.165, 1.54) is 29.0 Å². The van der Waals surface area contributed by atoms with E-state index in [0.717, 1.165) is 29.8 Å². The number of benzene rings is 2. The first kappa shape index (κ1) is 16.8. The number of nitrogens with zero attached hydrogens (tertiary/aromatic N) is 2. The van der Waals surface area contributed by atoms with Crippen molar-refractivity contribution in [2.75, 3.05) is 5.32 Å². The average molecular weight is 367 g/mol. The first-order valence-corrected chi connectivity index (χ1v) is 9.37. The van der Waals surface area contributed by atoms with Gasteiger partial charge in [-0.3, -0.25) is 4.79 Å². The molecule has 26 heavy (non-hydrogen) atoms. The number of anilines is 1. The number of carbonyl (C=O) groups is 1. The average Bonchev–Trinajstić information content (AvgIpc) is 3.29. The fourth-order valence-corrected chi connectivity index (χ4v) is 3.82. The van der Waals surface area contributed by atoms with E-state index in [2.05, 4.69) is 27.6 Å². The lowest BCUT2D eigenvalue weighted by molar-refractivity contribution is -0.121. The van der Waals surface area contributed by atoms with Crippen LogP contribution < -0.4 is 5.32 Å². The van der Waals surface area contributed by atoms with Crippen molar-refractivity contribution in [1.29, 1.82) is 0 Å². The normalized spacial score (nSPS) is 14.8. The second-order valence-corrected chi connectivity index (χ2v) is 7.77. The van der Waals surface area contributed by atoms with E-state index in [-0.39, 0.29) is 17.1 Å². The molecule has 0 bridgehead atoms. The Morgan fingerprint density at radius 3 is 2.58 bits per heavy atom. The van der Waals surface area contributed by atoms with Crippen LogP contribution in [0.4, 0.5) is 9.52 Å². The third-order valence-electron chi connectivity index (χ3n) is 4.65. The van der Waals surface area contributed by atoms with Crippen LogP contribution in [-0.2, 0) is 17.6 Å². The largest absolute Gasteiger partial charge is 0.300 e. The van der Waals surface area contributed by atoms with Gasteiger partial charge < -0.3 is 5.32 Å². The number of halogens is 1. The van der Waals surface area contributed by atoms with Gasteiger partial charge in [0, 0.05) is 6.42 Å². The molecule has 0 aliphatic heterocycles. The predicted octanol–water partition coefficient (Wildman–Crippen LogP) is 4.23. The number of hydrogen-bond donors (Lipinski definition) is 1. The van der Waals surface area contributed by atoms with Crippen LogP contribution in [0.25, 0.3) is 0 Å². The van der Waals surface area contributed by atoms with E-state index in [9.17, 15) is 9.18 Å². The Morgan fingerprint density at radius 1 is 1.08 bits per heavy atom. The first-order chi connectivity index (χ1) is 12.6. The molecule has 1 N–H and O–H groups in total. The summed E-state index contributed by atoms with van der Waals surface area (Å²) in [6, 6.07) is 16.5. The highest BCUT2D eigenvalue weighted by Crippen LogP contribution is 2.49. The Balaban J connectivity index is 1.40. The molecule has 1 aliphatic rings. The van der Waals surface area contributed by atoms with Crippen LogP contribution in [0.2, 0.25) is 0 Å². The fourth-order valence-electron chi connectivity index (χ4n) is 3.05. The molecule has 0 spiro atoms. The number of hydrogen-bond acceptors (Lipinski definition) is 4. The van der Waals surface area contributed by atoms with Gasteiger partial charge in [0.15, 0.2) is 0 Å².